The number of carbonyl (C=O) groups is 3. The van der Waals surface area contributed by atoms with Gasteiger partial charge >= 0.3 is 19.2 Å². The van der Waals surface area contributed by atoms with Gasteiger partial charge in [0.25, 0.3) is 0 Å². The fraction of sp³-hybridized carbons (Fsp3) is 0.897. The number of alkyl carbamates (subject to hydrolysis) is 1. The van der Waals surface area contributed by atoms with Crippen molar-refractivity contribution in [3.63, 3.8) is 0 Å². The molecule has 1 heterocycles. The first-order chi connectivity index (χ1) is 18.6. The molecule has 4 aliphatic rings. The van der Waals surface area contributed by atoms with Gasteiger partial charge in [0.05, 0.1) is 17.6 Å². The van der Waals surface area contributed by atoms with E-state index in [1.165, 1.54) is 0 Å². The van der Waals surface area contributed by atoms with Crippen LogP contribution in [0.3, 0.4) is 0 Å². The van der Waals surface area contributed by atoms with Crippen molar-refractivity contribution >= 4 is 25.1 Å². The first-order valence-corrected chi connectivity index (χ1v) is 15.2. The fourth-order valence-electron chi connectivity index (χ4n) is 6.59. The zero-order valence-electron chi connectivity index (χ0n) is 26.1. The highest BCUT2D eigenvalue weighted by Crippen LogP contribution is 2.65. The topological polar surface area (TPSA) is 127 Å². The molecular weight excluding hydrogens is 511 g/mol. The monoisotopic (exact) mass is 564 g/mol. The Morgan fingerprint density at radius 3 is 2.35 bits per heavy atom. The number of ether oxygens (including phenoxy) is 1. The minimum absolute atomic E-state index is 0.00500. The number of hydrogen-bond donors (Lipinski definition) is 4. The fourth-order valence-corrected chi connectivity index (χ4v) is 6.59. The summed E-state index contributed by atoms with van der Waals surface area (Å²) < 4.78 is 18.5. The molecule has 4 N–H and O–H groups in total. The van der Waals surface area contributed by atoms with Crippen molar-refractivity contribution < 1.29 is 28.4 Å². The molecule has 0 spiro atoms. The minimum atomic E-state index is -1.04. The van der Waals surface area contributed by atoms with Crippen LogP contribution < -0.4 is 21.3 Å². The minimum Gasteiger partial charge on any atom is -0.444 e. The second-order valence-corrected chi connectivity index (χ2v) is 14.1. The van der Waals surface area contributed by atoms with Gasteiger partial charge in [0.15, 0.2) is 0 Å². The smallest absolute Gasteiger partial charge is 0.444 e. The first kappa shape index (κ1) is 32.5. The van der Waals surface area contributed by atoms with E-state index in [4.69, 9.17) is 14.0 Å². The zero-order chi connectivity index (χ0) is 29.9. The molecule has 0 radical (unpaired) electrons. The van der Waals surface area contributed by atoms with Crippen LogP contribution in [0, 0.1) is 23.2 Å². The van der Waals surface area contributed by atoms with E-state index < -0.39 is 42.3 Å². The van der Waals surface area contributed by atoms with Crippen LogP contribution in [0.5, 0.6) is 0 Å². The van der Waals surface area contributed by atoms with Crippen molar-refractivity contribution in [1.29, 1.82) is 0 Å². The van der Waals surface area contributed by atoms with Crippen LogP contribution in [0.4, 0.5) is 9.59 Å². The molecule has 0 aromatic heterocycles. The van der Waals surface area contributed by atoms with Gasteiger partial charge < -0.3 is 35.3 Å². The van der Waals surface area contributed by atoms with Crippen LogP contribution in [-0.2, 0) is 18.8 Å². The van der Waals surface area contributed by atoms with Crippen molar-refractivity contribution in [2.45, 2.75) is 130 Å². The Hall–Kier alpha value is -2.01. The third-order valence-electron chi connectivity index (χ3n) is 8.89. The summed E-state index contributed by atoms with van der Waals surface area (Å²) in [4.78, 5) is 38.6. The number of rotatable bonds is 12. The molecule has 1 saturated heterocycles. The summed E-state index contributed by atoms with van der Waals surface area (Å²) in [5, 5.41) is 11.2. The summed E-state index contributed by atoms with van der Waals surface area (Å²) in [7, 11) is -0.589. The van der Waals surface area contributed by atoms with Crippen molar-refractivity contribution in [3.05, 3.63) is 0 Å². The van der Waals surface area contributed by atoms with Crippen LogP contribution in [-0.4, -0.2) is 67.5 Å². The van der Waals surface area contributed by atoms with Crippen molar-refractivity contribution in [2.24, 2.45) is 23.2 Å². The van der Waals surface area contributed by atoms with Crippen LogP contribution in [0.2, 0.25) is 0 Å². The lowest BCUT2D eigenvalue weighted by Gasteiger charge is -2.64. The molecule has 4 rings (SSSR count). The molecule has 0 unspecified atom stereocenters. The Morgan fingerprint density at radius 1 is 1.05 bits per heavy atom. The molecule has 0 aromatic carbocycles. The number of urea groups is 1. The Bertz CT molecular complexity index is 909. The predicted molar refractivity (Wildman–Crippen MR) is 156 cm³/mol. The average molecular weight is 565 g/mol. The molecule has 228 valence electrons. The maximum absolute atomic E-state index is 13.6. The third-order valence-corrected chi connectivity index (χ3v) is 8.89. The average Bonchev–Trinajstić information content (AvgIpc) is 3.19. The highest BCUT2D eigenvalue weighted by Gasteiger charge is 2.68. The lowest BCUT2D eigenvalue weighted by Crippen LogP contribution is -2.65. The lowest BCUT2D eigenvalue weighted by molar-refractivity contribution is -0.199. The normalized spacial score (nSPS) is 28.1. The molecule has 3 aliphatic carbocycles. The highest BCUT2D eigenvalue weighted by molar-refractivity contribution is 6.48. The number of unbranched alkanes of at least 4 members (excludes halogenated alkanes) is 2. The van der Waals surface area contributed by atoms with Gasteiger partial charge in [-0.2, -0.15) is 0 Å². The maximum Gasteiger partial charge on any atom is 0.481 e. The molecule has 0 aromatic rings. The number of amides is 4. The van der Waals surface area contributed by atoms with Crippen molar-refractivity contribution in [3.8, 4) is 0 Å². The summed E-state index contributed by atoms with van der Waals surface area (Å²) in [6.45, 7) is 18.8. The summed E-state index contributed by atoms with van der Waals surface area (Å²) >= 11 is 0. The third kappa shape index (κ3) is 7.84. The van der Waals surface area contributed by atoms with Gasteiger partial charge in [0, 0.05) is 13.1 Å². The largest absolute Gasteiger partial charge is 0.481 e. The zero-order valence-corrected chi connectivity index (χ0v) is 26.1. The van der Waals surface area contributed by atoms with E-state index in [-0.39, 0.29) is 30.0 Å². The van der Waals surface area contributed by atoms with E-state index in [1.54, 1.807) is 20.8 Å². The van der Waals surface area contributed by atoms with Gasteiger partial charge in [0.2, 0.25) is 5.91 Å². The molecule has 2 bridgehead atoms. The van der Waals surface area contributed by atoms with Gasteiger partial charge in [-0.1, -0.05) is 47.5 Å². The van der Waals surface area contributed by atoms with Crippen LogP contribution in [0.15, 0.2) is 0 Å². The molecule has 11 heteroatoms. The van der Waals surface area contributed by atoms with Crippen LogP contribution in [0.25, 0.3) is 0 Å². The van der Waals surface area contributed by atoms with Gasteiger partial charge in [-0.15, -0.1) is 0 Å². The predicted octanol–water partition coefficient (Wildman–Crippen LogP) is 4.17. The van der Waals surface area contributed by atoms with E-state index >= 15 is 0 Å². The van der Waals surface area contributed by atoms with Gasteiger partial charge in [-0.05, 0) is 76.5 Å². The molecule has 6 atom stereocenters. The van der Waals surface area contributed by atoms with E-state index in [2.05, 4.69) is 62.8 Å². The van der Waals surface area contributed by atoms with E-state index in [0.717, 1.165) is 32.1 Å². The van der Waals surface area contributed by atoms with Gasteiger partial charge in [-0.3, -0.25) is 4.79 Å². The Morgan fingerprint density at radius 2 is 1.75 bits per heavy atom. The van der Waals surface area contributed by atoms with E-state index in [0.29, 0.717) is 24.8 Å². The molecule has 10 nitrogen and oxygen atoms in total. The second kappa shape index (κ2) is 12.9. The summed E-state index contributed by atoms with van der Waals surface area (Å²) in [5.74, 6) is 0.450. The van der Waals surface area contributed by atoms with Crippen LogP contribution >= 0.6 is 0 Å². The standard InChI is InChI=1S/C29H53BN4O6/c1-10-11-12-13-31-25(36)32-17-20(33-26(37)38-27(4,5)6)24(35)34-23(14-18(2)3)30-39-22-16-19-15-21(28(19,7)8)29(22,9)40-30/h18-23H,10-17H2,1-9H3,(H,33,37)(H,34,35)(H2,31,32,36)/t19-,20-,21-,22+,23-,29-/m0/s1. The van der Waals surface area contributed by atoms with E-state index in [9.17, 15) is 14.4 Å². The molecular formula is C29H53BN4O6. The maximum atomic E-state index is 13.6. The Balaban J connectivity index is 1.69. The SMILES string of the molecule is CCCCCNC(=O)NC[C@H](NC(=O)OC(C)(C)C)C(=O)N[C@@H](CC(C)C)B1O[C@@H]2C[C@@H]3C[C@@H](C3(C)C)[C@]2(C)O1. The Labute approximate surface area is 241 Å². The first-order valence-electron chi connectivity index (χ1n) is 15.2. The molecule has 40 heavy (non-hydrogen) atoms. The highest BCUT2D eigenvalue weighted by atomic mass is 16.7. The lowest BCUT2D eigenvalue weighted by atomic mass is 9.43. The van der Waals surface area contributed by atoms with Crippen LogP contribution in [0.1, 0.15) is 101 Å². The molecule has 4 fully saturated rings. The van der Waals surface area contributed by atoms with Gasteiger partial charge in [-0.25, -0.2) is 9.59 Å². The van der Waals surface area contributed by atoms with Gasteiger partial charge in [0.1, 0.15) is 11.6 Å². The summed E-state index contributed by atoms with van der Waals surface area (Å²) in [5.41, 5.74) is -0.916. The second-order valence-electron chi connectivity index (χ2n) is 14.1. The number of carbonyl (C=O) groups excluding carboxylic acids is 3. The summed E-state index contributed by atoms with van der Waals surface area (Å²) in [6.07, 6.45) is 4.96. The molecule has 1 aliphatic heterocycles. The van der Waals surface area contributed by atoms with Crippen molar-refractivity contribution in [1.82, 2.24) is 21.3 Å². The van der Waals surface area contributed by atoms with E-state index in [1.807, 2.05) is 0 Å². The molecule has 3 saturated carbocycles. The van der Waals surface area contributed by atoms with Crippen molar-refractivity contribution in [2.75, 3.05) is 13.1 Å². The molecule has 4 amide bonds. The number of hydrogen-bond acceptors (Lipinski definition) is 6. The quantitative estimate of drug-likeness (QED) is 0.208. The summed E-state index contributed by atoms with van der Waals surface area (Å²) in [6, 6.07) is -1.43. The number of nitrogens with one attached hydrogen (secondary N) is 4. The Kier molecular flexibility index (Phi) is 10.5.